The Morgan fingerprint density at radius 1 is 1.12 bits per heavy atom. The summed E-state index contributed by atoms with van der Waals surface area (Å²) < 4.78 is 27.1. The van der Waals surface area contributed by atoms with Gasteiger partial charge in [-0.05, 0) is 24.3 Å². The van der Waals surface area contributed by atoms with E-state index in [1.807, 2.05) is 24.1 Å². The number of para-hydroxylation sites is 1. The lowest BCUT2D eigenvalue weighted by molar-refractivity contribution is 0.0928. The fourth-order valence-corrected chi connectivity index (χ4v) is 3.13. The van der Waals surface area contributed by atoms with Crippen LogP contribution >= 0.6 is 0 Å². The molecule has 2 N–H and O–H groups in total. The molecule has 0 aliphatic carbocycles. The molecule has 1 unspecified atom stereocenters. The van der Waals surface area contributed by atoms with Crippen molar-refractivity contribution in [3.8, 4) is 11.3 Å². The zero-order valence-corrected chi connectivity index (χ0v) is 13.3. The third kappa shape index (κ3) is 2.53. The molecule has 0 bridgehead atoms. The molecule has 5 nitrogen and oxygen atoms in total. The number of nitrogens with one attached hydrogen (secondary N) is 2. The fourth-order valence-electron chi connectivity index (χ4n) is 3.13. The summed E-state index contributed by atoms with van der Waals surface area (Å²) in [7, 11) is 1.84. The van der Waals surface area contributed by atoms with Gasteiger partial charge in [-0.2, -0.15) is 5.10 Å². The summed E-state index contributed by atoms with van der Waals surface area (Å²) in [4.78, 5) is 14.3. The van der Waals surface area contributed by atoms with E-state index >= 15 is 0 Å². The van der Waals surface area contributed by atoms with Gasteiger partial charge in [0.05, 0.1) is 16.9 Å². The van der Waals surface area contributed by atoms with Gasteiger partial charge in [0.15, 0.2) is 0 Å². The molecule has 0 saturated heterocycles. The smallest absolute Gasteiger partial charge is 0.255 e. The molecule has 0 radical (unpaired) electrons. The van der Waals surface area contributed by atoms with Gasteiger partial charge < -0.3 is 10.2 Å². The molecule has 1 amide bonds. The van der Waals surface area contributed by atoms with Gasteiger partial charge in [-0.15, -0.1) is 0 Å². The van der Waals surface area contributed by atoms with Crippen molar-refractivity contribution < 1.29 is 13.6 Å². The molecule has 1 atom stereocenters. The molecular weight excluding hydrogens is 326 g/mol. The number of H-pyrrole nitrogens is 1. The molecule has 126 valence electrons. The number of hydrogen-bond donors (Lipinski definition) is 2. The number of carbonyl (C=O) groups excluding carboxylic acids is 1. The number of carbonyl (C=O) groups is 1. The Morgan fingerprint density at radius 3 is 2.60 bits per heavy atom. The van der Waals surface area contributed by atoms with E-state index < -0.39 is 17.8 Å². The average Bonchev–Trinajstić information content (AvgIpc) is 3.07. The van der Waals surface area contributed by atoms with Crippen LogP contribution in [0.4, 0.5) is 14.5 Å². The summed E-state index contributed by atoms with van der Waals surface area (Å²) in [6, 6.07) is 10.5. The van der Waals surface area contributed by atoms with Gasteiger partial charge in [0.1, 0.15) is 17.8 Å². The molecule has 2 heterocycles. The number of benzene rings is 2. The van der Waals surface area contributed by atoms with E-state index in [1.54, 1.807) is 18.3 Å². The lowest BCUT2D eigenvalue weighted by Gasteiger charge is -2.36. The lowest BCUT2D eigenvalue weighted by Crippen LogP contribution is -2.44. The molecule has 1 aromatic heterocycles. The van der Waals surface area contributed by atoms with Gasteiger partial charge in [-0.3, -0.25) is 9.89 Å². The number of rotatable bonds is 2. The van der Waals surface area contributed by atoms with Crippen molar-refractivity contribution in [1.82, 2.24) is 15.5 Å². The summed E-state index contributed by atoms with van der Waals surface area (Å²) in [5.74, 6) is -1.58. The van der Waals surface area contributed by atoms with Crippen LogP contribution in [0.3, 0.4) is 0 Å². The van der Waals surface area contributed by atoms with Gasteiger partial charge in [-0.1, -0.05) is 12.1 Å². The molecule has 25 heavy (non-hydrogen) atoms. The standard InChI is InChI=1S/C18H14F2N4O/c1-24-15-5-3-2-4-13(15)18(25)22-17(24)14-9-21-23-16(14)10-6-11(19)8-12(20)7-10/h2-9,17H,1H3,(H,21,23)(H,22,25). The van der Waals surface area contributed by atoms with Crippen LogP contribution < -0.4 is 10.2 Å². The average molecular weight is 340 g/mol. The van der Waals surface area contributed by atoms with Crippen molar-refractivity contribution in [3.05, 3.63) is 71.4 Å². The zero-order valence-electron chi connectivity index (χ0n) is 13.3. The largest absolute Gasteiger partial charge is 0.350 e. The second-order valence-corrected chi connectivity index (χ2v) is 5.85. The van der Waals surface area contributed by atoms with Crippen LogP contribution in [0.5, 0.6) is 0 Å². The maximum absolute atomic E-state index is 13.6. The third-order valence-corrected chi connectivity index (χ3v) is 4.28. The predicted octanol–water partition coefficient (Wildman–Crippen LogP) is 3.23. The number of nitrogens with zero attached hydrogens (tertiary/aromatic N) is 2. The maximum Gasteiger partial charge on any atom is 0.255 e. The molecule has 0 spiro atoms. The van der Waals surface area contributed by atoms with E-state index in [0.717, 1.165) is 11.8 Å². The fraction of sp³-hybridized carbons (Fsp3) is 0.111. The summed E-state index contributed by atoms with van der Waals surface area (Å²) in [6.45, 7) is 0. The molecule has 1 aliphatic rings. The summed E-state index contributed by atoms with van der Waals surface area (Å²) in [5, 5.41) is 9.75. The van der Waals surface area contributed by atoms with Crippen molar-refractivity contribution in [2.45, 2.75) is 6.17 Å². The highest BCUT2D eigenvalue weighted by Crippen LogP contribution is 2.35. The zero-order chi connectivity index (χ0) is 17.6. The molecule has 0 saturated carbocycles. The second kappa shape index (κ2) is 5.70. The minimum Gasteiger partial charge on any atom is -0.350 e. The van der Waals surface area contributed by atoms with Gasteiger partial charge in [-0.25, -0.2) is 8.78 Å². The van der Waals surface area contributed by atoms with Crippen LogP contribution in [0.1, 0.15) is 22.1 Å². The normalized spacial score (nSPS) is 16.5. The van der Waals surface area contributed by atoms with Crippen molar-refractivity contribution in [1.29, 1.82) is 0 Å². The van der Waals surface area contributed by atoms with Crippen LogP contribution in [0.25, 0.3) is 11.3 Å². The topological polar surface area (TPSA) is 61.0 Å². The van der Waals surface area contributed by atoms with E-state index in [2.05, 4.69) is 15.5 Å². The van der Waals surface area contributed by atoms with Gasteiger partial charge >= 0.3 is 0 Å². The van der Waals surface area contributed by atoms with E-state index in [9.17, 15) is 13.6 Å². The van der Waals surface area contributed by atoms with E-state index in [-0.39, 0.29) is 5.91 Å². The van der Waals surface area contributed by atoms with Gasteiger partial charge in [0.25, 0.3) is 5.91 Å². The van der Waals surface area contributed by atoms with Crippen molar-refractivity contribution in [2.24, 2.45) is 0 Å². The summed E-state index contributed by atoms with van der Waals surface area (Å²) in [5.41, 5.74) is 2.65. The first-order chi connectivity index (χ1) is 12.0. The Balaban J connectivity index is 1.80. The molecule has 4 rings (SSSR count). The van der Waals surface area contributed by atoms with E-state index in [0.29, 0.717) is 22.4 Å². The van der Waals surface area contributed by atoms with Gasteiger partial charge in [0.2, 0.25) is 0 Å². The quantitative estimate of drug-likeness (QED) is 0.753. The Kier molecular flexibility index (Phi) is 3.49. The highest BCUT2D eigenvalue weighted by atomic mass is 19.1. The minimum absolute atomic E-state index is 0.212. The number of aromatic amines is 1. The number of aromatic nitrogens is 2. The molecule has 1 aliphatic heterocycles. The van der Waals surface area contributed by atoms with Crippen LogP contribution in [0.2, 0.25) is 0 Å². The number of fused-ring (bicyclic) bond motifs is 1. The first-order valence-corrected chi connectivity index (χ1v) is 7.67. The Bertz CT molecular complexity index is 949. The highest BCUT2D eigenvalue weighted by Gasteiger charge is 2.31. The van der Waals surface area contributed by atoms with Crippen molar-refractivity contribution >= 4 is 11.6 Å². The monoisotopic (exact) mass is 340 g/mol. The number of halogens is 2. The van der Waals surface area contributed by atoms with Crippen LogP contribution in [-0.4, -0.2) is 23.2 Å². The highest BCUT2D eigenvalue weighted by molar-refractivity contribution is 6.02. The number of anilines is 1. The Hall–Kier alpha value is -3.22. The maximum atomic E-state index is 13.6. The molecule has 0 fully saturated rings. The summed E-state index contributed by atoms with van der Waals surface area (Å²) >= 11 is 0. The molecule has 3 aromatic rings. The predicted molar refractivity (Wildman–Crippen MR) is 89.0 cm³/mol. The Labute approximate surface area is 142 Å². The van der Waals surface area contributed by atoms with E-state index in [4.69, 9.17) is 0 Å². The first kappa shape index (κ1) is 15.3. The number of amides is 1. The van der Waals surface area contributed by atoms with Crippen LogP contribution in [0, 0.1) is 11.6 Å². The second-order valence-electron chi connectivity index (χ2n) is 5.85. The SMILES string of the molecule is CN1c2ccccc2C(=O)NC1c1c[nH]nc1-c1cc(F)cc(F)c1. The lowest BCUT2D eigenvalue weighted by atomic mass is 10.0. The third-order valence-electron chi connectivity index (χ3n) is 4.28. The molecule has 2 aromatic carbocycles. The minimum atomic E-state index is -0.685. The summed E-state index contributed by atoms with van der Waals surface area (Å²) in [6.07, 6.45) is 1.11. The molecule has 7 heteroatoms. The molecular formula is C18H14F2N4O. The van der Waals surface area contributed by atoms with Crippen molar-refractivity contribution in [2.75, 3.05) is 11.9 Å². The van der Waals surface area contributed by atoms with Gasteiger partial charge in [0, 0.05) is 30.4 Å². The van der Waals surface area contributed by atoms with Crippen LogP contribution in [-0.2, 0) is 0 Å². The van der Waals surface area contributed by atoms with E-state index in [1.165, 1.54) is 12.1 Å². The first-order valence-electron chi connectivity index (χ1n) is 7.67. The number of hydrogen-bond acceptors (Lipinski definition) is 3. The Morgan fingerprint density at radius 2 is 1.84 bits per heavy atom. The van der Waals surface area contributed by atoms with Crippen LogP contribution in [0.15, 0.2) is 48.7 Å². The van der Waals surface area contributed by atoms with Crippen molar-refractivity contribution in [3.63, 3.8) is 0 Å².